The number of fused-ring (bicyclic) bond motifs is 1. The van der Waals surface area contributed by atoms with E-state index in [0.717, 1.165) is 5.56 Å². The van der Waals surface area contributed by atoms with Gasteiger partial charge in [0.25, 0.3) is 0 Å². The number of amides is 4. The second kappa shape index (κ2) is 16.1. The fourth-order valence-corrected chi connectivity index (χ4v) is 6.16. The molecule has 1 saturated heterocycles. The van der Waals surface area contributed by atoms with Crippen molar-refractivity contribution in [2.75, 3.05) is 20.2 Å². The molecule has 1 aliphatic heterocycles. The van der Waals surface area contributed by atoms with Crippen LogP contribution in [-0.2, 0) is 35.3 Å². The van der Waals surface area contributed by atoms with Gasteiger partial charge < -0.3 is 30.3 Å². The fourth-order valence-electron chi connectivity index (χ4n) is 6.16. The van der Waals surface area contributed by atoms with Crippen molar-refractivity contribution >= 4 is 29.8 Å². The van der Waals surface area contributed by atoms with E-state index in [4.69, 9.17) is 9.47 Å². The highest BCUT2D eigenvalue weighted by molar-refractivity contribution is 5.94. The summed E-state index contributed by atoms with van der Waals surface area (Å²) in [6.07, 6.45) is 1.78. The van der Waals surface area contributed by atoms with Crippen molar-refractivity contribution < 1.29 is 33.4 Å². The Morgan fingerprint density at radius 3 is 1.91 bits per heavy atom. The molecule has 2 fully saturated rings. The number of esters is 1. The van der Waals surface area contributed by atoms with E-state index in [-0.39, 0.29) is 48.7 Å². The van der Waals surface area contributed by atoms with Crippen molar-refractivity contribution in [1.82, 2.24) is 20.9 Å². The normalized spacial score (nSPS) is 20.9. The van der Waals surface area contributed by atoms with Crippen LogP contribution in [0.15, 0.2) is 30.3 Å². The summed E-state index contributed by atoms with van der Waals surface area (Å²) in [4.78, 5) is 67.8. The summed E-state index contributed by atoms with van der Waals surface area (Å²) in [6.45, 7) is 12.6. The zero-order valence-electron chi connectivity index (χ0n) is 27.9. The summed E-state index contributed by atoms with van der Waals surface area (Å²) in [7, 11) is 1.37. The van der Waals surface area contributed by atoms with Gasteiger partial charge in [-0.25, -0.2) is 4.79 Å². The van der Waals surface area contributed by atoms with E-state index in [1.807, 2.05) is 71.9 Å². The molecule has 5 atom stereocenters. The average molecular weight is 629 g/mol. The lowest BCUT2D eigenvalue weighted by Crippen LogP contribution is -2.58. The molecular weight excluding hydrogens is 576 g/mol. The van der Waals surface area contributed by atoms with Crippen molar-refractivity contribution in [3.05, 3.63) is 35.9 Å². The maximum absolute atomic E-state index is 13.8. The fraction of sp³-hybridized carbons (Fsp3) is 0.676. The van der Waals surface area contributed by atoms with Crippen LogP contribution in [0.5, 0.6) is 0 Å². The third kappa shape index (κ3) is 10.2. The molecule has 1 aromatic carbocycles. The zero-order valence-corrected chi connectivity index (χ0v) is 27.9. The van der Waals surface area contributed by atoms with Gasteiger partial charge in [0.1, 0.15) is 24.7 Å². The number of likely N-dealkylation sites (tertiary alicyclic amines) is 1. The number of rotatable bonds is 15. The lowest BCUT2D eigenvalue weighted by Gasteiger charge is -2.35. The van der Waals surface area contributed by atoms with Crippen LogP contribution < -0.4 is 16.0 Å². The third-order valence-corrected chi connectivity index (χ3v) is 8.55. The molecule has 11 heteroatoms. The average Bonchev–Trinajstić information content (AvgIpc) is 3.73. The van der Waals surface area contributed by atoms with E-state index in [2.05, 4.69) is 16.0 Å². The second-order valence-electron chi connectivity index (χ2n) is 13.9. The molecule has 2 aliphatic rings. The molecule has 4 amide bonds. The number of nitrogens with one attached hydrogen (secondary N) is 3. The predicted molar refractivity (Wildman–Crippen MR) is 170 cm³/mol. The maximum Gasteiger partial charge on any atom is 0.408 e. The largest absolute Gasteiger partial charge is 0.469 e. The molecule has 1 aliphatic carbocycles. The van der Waals surface area contributed by atoms with Crippen LogP contribution in [0.4, 0.5) is 4.79 Å². The summed E-state index contributed by atoms with van der Waals surface area (Å²) in [5, 5.41) is 8.44. The van der Waals surface area contributed by atoms with Crippen molar-refractivity contribution in [2.24, 2.45) is 29.1 Å². The molecule has 2 unspecified atom stereocenters. The van der Waals surface area contributed by atoms with Gasteiger partial charge in [0.05, 0.1) is 12.5 Å². The highest BCUT2D eigenvalue weighted by Gasteiger charge is 2.63. The van der Waals surface area contributed by atoms with E-state index in [1.54, 1.807) is 4.90 Å². The van der Waals surface area contributed by atoms with Crippen LogP contribution in [-0.4, -0.2) is 73.0 Å². The van der Waals surface area contributed by atoms with Gasteiger partial charge in [-0.05, 0) is 61.3 Å². The number of piperidine rings is 1. The second-order valence-corrected chi connectivity index (χ2v) is 13.9. The number of ether oxygens (including phenoxy) is 2. The minimum Gasteiger partial charge on any atom is -0.469 e. The Labute approximate surface area is 267 Å². The molecule has 45 heavy (non-hydrogen) atoms. The van der Waals surface area contributed by atoms with Crippen LogP contribution in [0.3, 0.4) is 0 Å². The first-order chi connectivity index (χ1) is 21.2. The third-order valence-electron chi connectivity index (χ3n) is 8.55. The Kier molecular flexibility index (Phi) is 12.8. The van der Waals surface area contributed by atoms with Crippen molar-refractivity contribution in [2.45, 2.75) is 98.4 Å². The Morgan fingerprint density at radius 1 is 0.822 bits per heavy atom. The SMILES string of the molecule is COC(=O)C12CC1CCN(C(=O)[C@H](CC(C)C)NC(=O)[C@H](CC(C)C)NC(=O)[C@H](CC(C)C)NC(=O)OCc1ccccc1)C2. The minimum absolute atomic E-state index is 0.0569. The Hall–Kier alpha value is -3.63. The molecule has 3 rings (SSSR count). The van der Waals surface area contributed by atoms with E-state index in [0.29, 0.717) is 38.6 Å². The number of methoxy groups -OCH3 is 1. The first-order valence-corrected chi connectivity index (χ1v) is 16.2. The van der Waals surface area contributed by atoms with Crippen LogP contribution in [0.25, 0.3) is 0 Å². The highest BCUT2D eigenvalue weighted by Crippen LogP contribution is 2.58. The van der Waals surface area contributed by atoms with Gasteiger partial charge in [-0.2, -0.15) is 0 Å². The predicted octanol–water partition coefficient (Wildman–Crippen LogP) is 3.80. The van der Waals surface area contributed by atoms with E-state index in [1.165, 1.54) is 7.11 Å². The van der Waals surface area contributed by atoms with Gasteiger partial charge in [-0.15, -0.1) is 0 Å². The summed E-state index contributed by atoms with van der Waals surface area (Å²) in [6, 6.07) is 6.58. The smallest absolute Gasteiger partial charge is 0.408 e. The van der Waals surface area contributed by atoms with E-state index in [9.17, 15) is 24.0 Å². The lowest BCUT2D eigenvalue weighted by molar-refractivity contribution is -0.152. The molecule has 1 saturated carbocycles. The van der Waals surface area contributed by atoms with Crippen LogP contribution in [0.1, 0.15) is 79.2 Å². The van der Waals surface area contributed by atoms with Gasteiger partial charge >= 0.3 is 12.1 Å². The van der Waals surface area contributed by atoms with Gasteiger partial charge in [0.15, 0.2) is 0 Å². The maximum atomic E-state index is 13.8. The van der Waals surface area contributed by atoms with Crippen molar-refractivity contribution in [3.63, 3.8) is 0 Å². The number of hydrogen-bond acceptors (Lipinski definition) is 7. The van der Waals surface area contributed by atoms with Gasteiger partial charge in [0.2, 0.25) is 17.7 Å². The molecule has 11 nitrogen and oxygen atoms in total. The highest BCUT2D eigenvalue weighted by atomic mass is 16.5. The molecule has 0 bridgehead atoms. The first-order valence-electron chi connectivity index (χ1n) is 16.2. The van der Waals surface area contributed by atoms with E-state index >= 15 is 0 Å². The molecular formula is C34H52N4O7. The molecule has 0 radical (unpaired) electrons. The first kappa shape index (κ1) is 35.8. The zero-order chi connectivity index (χ0) is 33.3. The Morgan fingerprint density at radius 2 is 1.36 bits per heavy atom. The van der Waals surface area contributed by atoms with Gasteiger partial charge in [-0.3, -0.25) is 19.2 Å². The Bertz CT molecular complexity index is 1190. The van der Waals surface area contributed by atoms with E-state index < -0.39 is 41.4 Å². The molecule has 0 spiro atoms. The van der Waals surface area contributed by atoms with Crippen molar-refractivity contribution in [1.29, 1.82) is 0 Å². The molecule has 1 heterocycles. The minimum atomic E-state index is -0.924. The molecule has 0 aromatic heterocycles. The quantitative estimate of drug-likeness (QED) is 0.251. The van der Waals surface area contributed by atoms with Crippen molar-refractivity contribution in [3.8, 4) is 0 Å². The number of hydrogen-bond donors (Lipinski definition) is 3. The Balaban J connectivity index is 1.69. The summed E-state index contributed by atoms with van der Waals surface area (Å²) in [5.74, 6) is -1.03. The molecule has 1 aromatic rings. The molecule has 3 N–H and O–H groups in total. The number of benzene rings is 1. The standard InChI is InChI=1S/C34H52N4O7/c1-21(2)15-26(35-30(40)27(16-22(3)4)37-33(43)45-19-24-11-9-8-10-12-24)29(39)36-28(17-23(5)6)31(41)38-14-13-25-18-34(25,20-38)32(42)44-7/h8-12,21-23,25-28H,13-20H2,1-7H3,(H,35,40)(H,36,39)(H,37,43)/t25?,26-,27-,28-,34?/m0/s1. The van der Waals surface area contributed by atoms with Gasteiger partial charge in [-0.1, -0.05) is 71.9 Å². The summed E-state index contributed by atoms with van der Waals surface area (Å²) in [5.41, 5.74) is 0.169. The van der Waals surface area contributed by atoms with Crippen LogP contribution in [0.2, 0.25) is 0 Å². The monoisotopic (exact) mass is 628 g/mol. The number of alkyl carbamates (subject to hydrolysis) is 1. The topological polar surface area (TPSA) is 143 Å². The number of nitrogens with zero attached hydrogens (tertiary/aromatic N) is 1. The van der Waals surface area contributed by atoms with Gasteiger partial charge in [0, 0.05) is 13.1 Å². The molecule has 250 valence electrons. The summed E-state index contributed by atoms with van der Waals surface area (Å²) < 4.78 is 10.4. The summed E-state index contributed by atoms with van der Waals surface area (Å²) >= 11 is 0. The number of carbonyl (C=O) groups excluding carboxylic acids is 5. The van der Waals surface area contributed by atoms with Crippen LogP contribution in [0, 0.1) is 29.1 Å². The lowest BCUT2D eigenvalue weighted by atomic mass is 9.95. The number of carbonyl (C=O) groups is 5. The van der Waals surface area contributed by atoms with Crippen LogP contribution >= 0.6 is 0 Å².